The number of benzene rings is 1. The van der Waals surface area contributed by atoms with E-state index in [0.717, 1.165) is 16.9 Å². The predicted octanol–water partition coefficient (Wildman–Crippen LogP) is 2.51. The van der Waals surface area contributed by atoms with Gasteiger partial charge in [0.25, 0.3) is 0 Å². The van der Waals surface area contributed by atoms with Crippen LogP contribution in [-0.2, 0) is 4.74 Å². The zero-order valence-electron chi connectivity index (χ0n) is 14.1. The van der Waals surface area contributed by atoms with Gasteiger partial charge >= 0.3 is 0 Å². The second-order valence-corrected chi connectivity index (χ2v) is 6.51. The Bertz CT molecular complexity index is 678. The molecule has 1 aromatic heterocycles. The molecule has 1 saturated heterocycles. The number of rotatable bonds is 5. The van der Waals surface area contributed by atoms with Gasteiger partial charge in [0, 0.05) is 49.9 Å². The van der Waals surface area contributed by atoms with Gasteiger partial charge in [0.1, 0.15) is 5.82 Å². The van der Waals surface area contributed by atoms with E-state index in [4.69, 9.17) is 4.74 Å². The smallest absolute Gasteiger partial charge is 0.123 e. The van der Waals surface area contributed by atoms with E-state index >= 15 is 0 Å². The summed E-state index contributed by atoms with van der Waals surface area (Å²) >= 11 is 0. The Morgan fingerprint density at radius 1 is 1.33 bits per heavy atom. The lowest BCUT2D eigenvalue weighted by Crippen LogP contribution is -2.45. The van der Waals surface area contributed by atoms with Crippen LogP contribution in [0.5, 0.6) is 0 Å². The SMILES string of the molecule is Cc1c(C(C)NCC2(O)CCOCC2)cnn1-c1ccc(F)cc1. The topological polar surface area (TPSA) is 59.3 Å². The van der Waals surface area contributed by atoms with Gasteiger partial charge in [-0.05, 0) is 38.1 Å². The van der Waals surface area contributed by atoms with Crippen LogP contribution in [0.1, 0.15) is 37.1 Å². The Morgan fingerprint density at radius 2 is 2.00 bits per heavy atom. The molecule has 5 nitrogen and oxygen atoms in total. The fourth-order valence-corrected chi connectivity index (χ4v) is 3.07. The fourth-order valence-electron chi connectivity index (χ4n) is 3.07. The summed E-state index contributed by atoms with van der Waals surface area (Å²) in [6, 6.07) is 6.34. The van der Waals surface area contributed by atoms with Crippen molar-refractivity contribution in [1.82, 2.24) is 15.1 Å². The molecule has 0 saturated carbocycles. The Kier molecular flexibility index (Phi) is 4.99. The van der Waals surface area contributed by atoms with Crippen molar-refractivity contribution in [1.29, 1.82) is 0 Å². The van der Waals surface area contributed by atoms with Crippen LogP contribution in [0.15, 0.2) is 30.5 Å². The number of halogens is 1. The van der Waals surface area contributed by atoms with Crippen LogP contribution in [0.3, 0.4) is 0 Å². The molecule has 2 N–H and O–H groups in total. The summed E-state index contributed by atoms with van der Waals surface area (Å²) in [5, 5.41) is 18.4. The maximum atomic E-state index is 13.1. The van der Waals surface area contributed by atoms with Crippen molar-refractivity contribution < 1.29 is 14.2 Å². The first-order chi connectivity index (χ1) is 11.5. The monoisotopic (exact) mass is 333 g/mol. The number of ether oxygens (including phenoxy) is 1. The van der Waals surface area contributed by atoms with E-state index in [1.54, 1.807) is 16.8 Å². The molecule has 1 aliphatic heterocycles. The second kappa shape index (κ2) is 7.01. The first kappa shape index (κ1) is 17.1. The summed E-state index contributed by atoms with van der Waals surface area (Å²) in [6.07, 6.45) is 3.13. The molecular weight excluding hydrogens is 309 g/mol. The Morgan fingerprint density at radius 3 is 2.67 bits per heavy atom. The van der Waals surface area contributed by atoms with Gasteiger partial charge in [-0.1, -0.05) is 0 Å². The minimum atomic E-state index is -0.701. The molecule has 1 unspecified atom stereocenters. The molecule has 0 radical (unpaired) electrons. The highest BCUT2D eigenvalue weighted by Gasteiger charge is 2.30. The van der Waals surface area contributed by atoms with Crippen molar-refractivity contribution in [2.24, 2.45) is 0 Å². The molecule has 24 heavy (non-hydrogen) atoms. The number of nitrogens with zero attached hydrogens (tertiary/aromatic N) is 2. The molecule has 0 bridgehead atoms. The minimum Gasteiger partial charge on any atom is -0.388 e. The summed E-state index contributed by atoms with van der Waals surface area (Å²) < 4.78 is 20.2. The van der Waals surface area contributed by atoms with Crippen LogP contribution in [0.25, 0.3) is 5.69 Å². The van der Waals surface area contributed by atoms with E-state index in [-0.39, 0.29) is 11.9 Å². The Labute approximate surface area is 141 Å². The van der Waals surface area contributed by atoms with Crippen molar-refractivity contribution in [2.45, 2.75) is 38.3 Å². The van der Waals surface area contributed by atoms with Gasteiger partial charge in [0.2, 0.25) is 0 Å². The third-order valence-electron chi connectivity index (χ3n) is 4.75. The molecule has 1 fully saturated rings. The van der Waals surface area contributed by atoms with Crippen molar-refractivity contribution >= 4 is 0 Å². The van der Waals surface area contributed by atoms with Crippen LogP contribution < -0.4 is 5.32 Å². The van der Waals surface area contributed by atoms with E-state index < -0.39 is 5.60 Å². The molecule has 0 aliphatic carbocycles. The molecule has 1 atom stereocenters. The Hall–Kier alpha value is -1.76. The first-order valence-electron chi connectivity index (χ1n) is 8.32. The standard InChI is InChI=1S/C18H24FN3O2/c1-13(20-12-18(23)7-9-24-10-8-18)17-11-21-22(14(17)2)16-5-3-15(19)4-6-16/h3-6,11,13,20,23H,7-10,12H2,1-2H3. The summed E-state index contributed by atoms with van der Waals surface area (Å²) in [7, 11) is 0. The third kappa shape index (κ3) is 3.66. The zero-order chi connectivity index (χ0) is 17.2. The third-order valence-corrected chi connectivity index (χ3v) is 4.75. The highest BCUT2D eigenvalue weighted by Crippen LogP contribution is 2.23. The summed E-state index contributed by atoms with van der Waals surface area (Å²) in [5.74, 6) is -0.261. The molecule has 3 rings (SSSR count). The molecule has 2 heterocycles. The molecule has 2 aromatic rings. The van der Waals surface area contributed by atoms with Gasteiger partial charge in [0.05, 0.1) is 17.5 Å². The van der Waals surface area contributed by atoms with Gasteiger partial charge in [-0.3, -0.25) is 0 Å². The summed E-state index contributed by atoms with van der Waals surface area (Å²) in [6.45, 7) is 5.79. The van der Waals surface area contributed by atoms with Gasteiger partial charge in [-0.2, -0.15) is 5.10 Å². The average molecular weight is 333 g/mol. The maximum Gasteiger partial charge on any atom is 0.123 e. The van der Waals surface area contributed by atoms with Gasteiger partial charge in [0.15, 0.2) is 0 Å². The van der Waals surface area contributed by atoms with E-state index in [1.165, 1.54) is 12.1 Å². The largest absolute Gasteiger partial charge is 0.388 e. The van der Waals surface area contributed by atoms with Crippen molar-refractivity contribution in [3.05, 3.63) is 47.5 Å². The van der Waals surface area contributed by atoms with E-state index in [9.17, 15) is 9.50 Å². The van der Waals surface area contributed by atoms with Crippen LogP contribution in [-0.4, -0.2) is 40.2 Å². The van der Waals surface area contributed by atoms with E-state index in [2.05, 4.69) is 17.3 Å². The number of nitrogens with one attached hydrogen (secondary N) is 1. The molecule has 1 aliphatic rings. The molecule has 6 heteroatoms. The normalized spacial score (nSPS) is 18.5. The minimum absolute atomic E-state index is 0.0612. The second-order valence-electron chi connectivity index (χ2n) is 6.51. The number of hydrogen-bond donors (Lipinski definition) is 2. The molecule has 0 spiro atoms. The van der Waals surface area contributed by atoms with Gasteiger partial charge in [-0.25, -0.2) is 9.07 Å². The average Bonchev–Trinajstić information content (AvgIpc) is 2.96. The van der Waals surface area contributed by atoms with Crippen molar-refractivity contribution in [2.75, 3.05) is 19.8 Å². The van der Waals surface area contributed by atoms with Crippen LogP contribution in [0, 0.1) is 12.7 Å². The first-order valence-corrected chi connectivity index (χ1v) is 8.32. The molecule has 0 amide bonds. The van der Waals surface area contributed by atoms with Crippen molar-refractivity contribution in [3.63, 3.8) is 0 Å². The lowest BCUT2D eigenvalue weighted by atomic mass is 9.94. The lowest BCUT2D eigenvalue weighted by Gasteiger charge is -2.33. The van der Waals surface area contributed by atoms with Gasteiger partial charge < -0.3 is 15.2 Å². The van der Waals surface area contributed by atoms with Gasteiger partial charge in [-0.15, -0.1) is 0 Å². The summed E-state index contributed by atoms with van der Waals surface area (Å²) in [4.78, 5) is 0. The van der Waals surface area contributed by atoms with Crippen LogP contribution in [0.4, 0.5) is 4.39 Å². The Balaban J connectivity index is 1.69. The number of aromatic nitrogens is 2. The highest BCUT2D eigenvalue weighted by atomic mass is 19.1. The number of hydrogen-bond acceptors (Lipinski definition) is 4. The maximum absolute atomic E-state index is 13.1. The molecule has 130 valence electrons. The van der Waals surface area contributed by atoms with Crippen molar-refractivity contribution in [3.8, 4) is 5.69 Å². The van der Waals surface area contributed by atoms with Crippen LogP contribution in [0.2, 0.25) is 0 Å². The fraction of sp³-hybridized carbons (Fsp3) is 0.500. The predicted molar refractivity (Wildman–Crippen MR) is 89.7 cm³/mol. The van der Waals surface area contributed by atoms with E-state index in [0.29, 0.717) is 32.6 Å². The zero-order valence-corrected chi connectivity index (χ0v) is 14.1. The lowest BCUT2D eigenvalue weighted by molar-refractivity contribution is -0.0626. The quantitative estimate of drug-likeness (QED) is 0.883. The summed E-state index contributed by atoms with van der Waals surface area (Å²) in [5.41, 5.74) is 2.19. The number of aliphatic hydroxyl groups is 1. The highest BCUT2D eigenvalue weighted by molar-refractivity contribution is 5.35. The van der Waals surface area contributed by atoms with Crippen LogP contribution >= 0.6 is 0 Å². The molecule has 1 aromatic carbocycles. The van der Waals surface area contributed by atoms with E-state index in [1.807, 2.05) is 13.1 Å². The molecular formula is C18H24FN3O2.